The summed E-state index contributed by atoms with van der Waals surface area (Å²) >= 11 is 0. The fourth-order valence-electron chi connectivity index (χ4n) is 2.07. The summed E-state index contributed by atoms with van der Waals surface area (Å²) in [5.74, 6) is 0. The van der Waals surface area contributed by atoms with E-state index in [-0.39, 0.29) is 5.54 Å². The summed E-state index contributed by atoms with van der Waals surface area (Å²) in [6, 6.07) is 8.35. The van der Waals surface area contributed by atoms with Gasteiger partial charge in [-0.05, 0) is 31.5 Å². The molecule has 1 fully saturated rings. The molecule has 15 heavy (non-hydrogen) atoms. The van der Waals surface area contributed by atoms with Gasteiger partial charge in [0.25, 0.3) is 0 Å². The van der Waals surface area contributed by atoms with Crippen LogP contribution in [-0.4, -0.2) is 25.2 Å². The zero-order valence-electron chi connectivity index (χ0n) is 9.22. The van der Waals surface area contributed by atoms with Crippen molar-refractivity contribution in [3.05, 3.63) is 29.8 Å². The summed E-state index contributed by atoms with van der Waals surface area (Å²) < 4.78 is 0. The second kappa shape index (κ2) is 4.21. The molecular formula is C12H19N3. The molecule has 3 nitrogen and oxygen atoms in total. The van der Waals surface area contributed by atoms with Crippen LogP contribution in [0.4, 0.5) is 5.69 Å². The lowest BCUT2D eigenvalue weighted by molar-refractivity contribution is 0.523. The third-order valence-corrected chi connectivity index (χ3v) is 3.18. The molecule has 1 saturated heterocycles. The number of nitrogens with two attached hydrogens (primary N) is 1. The maximum atomic E-state index is 5.86. The van der Waals surface area contributed by atoms with Gasteiger partial charge in [0.15, 0.2) is 0 Å². The van der Waals surface area contributed by atoms with Gasteiger partial charge in [-0.2, -0.15) is 0 Å². The van der Waals surface area contributed by atoms with Gasteiger partial charge in [-0.15, -0.1) is 0 Å². The fraction of sp³-hybridized carbons (Fsp3) is 0.500. The van der Waals surface area contributed by atoms with Crippen molar-refractivity contribution >= 4 is 5.69 Å². The predicted molar refractivity (Wildman–Crippen MR) is 64.1 cm³/mol. The van der Waals surface area contributed by atoms with Crippen LogP contribution in [0.2, 0.25) is 0 Å². The molecule has 0 bridgehead atoms. The van der Waals surface area contributed by atoms with E-state index < -0.39 is 0 Å². The first-order valence-electron chi connectivity index (χ1n) is 5.50. The molecule has 0 aromatic heterocycles. The van der Waals surface area contributed by atoms with Crippen molar-refractivity contribution < 1.29 is 0 Å². The van der Waals surface area contributed by atoms with Crippen LogP contribution in [0.3, 0.4) is 0 Å². The third-order valence-electron chi connectivity index (χ3n) is 3.18. The molecule has 2 rings (SSSR count). The summed E-state index contributed by atoms with van der Waals surface area (Å²) in [4.78, 5) is 0. The van der Waals surface area contributed by atoms with Gasteiger partial charge in [0.2, 0.25) is 0 Å². The van der Waals surface area contributed by atoms with Gasteiger partial charge in [0, 0.05) is 18.8 Å². The first-order valence-corrected chi connectivity index (χ1v) is 5.50. The standard InChI is InChI=1S/C12H19N3/c1-10-4-2-3-5-11(10)15-12(8-13)6-7-14-9-12/h2-5,14-15H,6-9,13H2,1H3. The van der Waals surface area contributed by atoms with E-state index >= 15 is 0 Å². The number of hydrogen-bond acceptors (Lipinski definition) is 3. The van der Waals surface area contributed by atoms with Crippen LogP contribution in [0, 0.1) is 6.92 Å². The second-order valence-electron chi connectivity index (χ2n) is 4.35. The molecule has 4 N–H and O–H groups in total. The van der Waals surface area contributed by atoms with Gasteiger partial charge in [0.05, 0.1) is 5.54 Å². The van der Waals surface area contributed by atoms with Gasteiger partial charge in [-0.25, -0.2) is 0 Å². The lowest BCUT2D eigenvalue weighted by Gasteiger charge is -2.30. The molecule has 0 spiro atoms. The number of nitrogens with one attached hydrogen (secondary N) is 2. The number of rotatable bonds is 3. The van der Waals surface area contributed by atoms with E-state index in [9.17, 15) is 0 Å². The number of benzene rings is 1. The fourth-order valence-corrected chi connectivity index (χ4v) is 2.07. The zero-order chi connectivity index (χ0) is 10.7. The summed E-state index contributed by atoms with van der Waals surface area (Å²) in [7, 11) is 0. The Balaban J connectivity index is 2.16. The molecule has 1 aromatic rings. The quantitative estimate of drug-likeness (QED) is 0.692. The van der Waals surface area contributed by atoms with Crippen LogP contribution in [0.25, 0.3) is 0 Å². The van der Waals surface area contributed by atoms with Crippen LogP contribution < -0.4 is 16.4 Å². The topological polar surface area (TPSA) is 50.1 Å². The minimum absolute atomic E-state index is 0.0477. The van der Waals surface area contributed by atoms with Crippen molar-refractivity contribution in [2.45, 2.75) is 18.9 Å². The van der Waals surface area contributed by atoms with Crippen molar-refractivity contribution in [2.75, 3.05) is 25.0 Å². The molecule has 0 radical (unpaired) electrons. The van der Waals surface area contributed by atoms with Gasteiger partial charge < -0.3 is 16.4 Å². The van der Waals surface area contributed by atoms with Crippen molar-refractivity contribution in [2.24, 2.45) is 5.73 Å². The minimum Gasteiger partial charge on any atom is -0.377 e. The summed E-state index contributed by atoms with van der Waals surface area (Å²) in [5, 5.41) is 6.95. The Labute approximate surface area is 91.1 Å². The Morgan fingerprint density at radius 2 is 2.27 bits per heavy atom. The maximum Gasteiger partial charge on any atom is 0.0631 e. The number of anilines is 1. The van der Waals surface area contributed by atoms with Crippen molar-refractivity contribution in [1.29, 1.82) is 0 Å². The average Bonchev–Trinajstić information content (AvgIpc) is 2.71. The molecule has 82 valence electrons. The van der Waals surface area contributed by atoms with E-state index in [2.05, 4.69) is 41.8 Å². The molecule has 1 atom stereocenters. The van der Waals surface area contributed by atoms with Gasteiger partial charge in [0.1, 0.15) is 0 Å². The lowest BCUT2D eigenvalue weighted by Crippen LogP contribution is -2.47. The summed E-state index contributed by atoms with van der Waals surface area (Å²) in [5.41, 5.74) is 8.39. The molecule has 1 unspecified atom stereocenters. The molecule has 0 aliphatic carbocycles. The second-order valence-corrected chi connectivity index (χ2v) is 4.35. The normalized spacial score (nSPS) is 25.5. The zero-order valence-corrected chi connectivity index (χ0v) is 9.22. The highest BCUT2D eigenvalue weighted by Crippen LogP contribution is 2.23. The Hall–Kier alpha value is -1.06. The molecule has 1 aliphatic rings. The summed E-state index contributed by atoms with van der Waals surface area (Å²) in [6.07, 6.45) is 1.10. The van der Waals surface area contributed by atoms with E-state index in [1.165, 1.54) is 11.3 Å². The Bertz CT molecular complexity index is 329. The maximum absolute atomic E-state index is 5.86. The van der Waals surface area contributed by atoms with Crippen molar-refractivity contribution in [1.82, 2.24) is 5.32 Å². The first kappa shape index (κ1) is 10.5. The Morgan fingerprint density at radius 1 is 1.47 bits per heavy atom. The summed E-state index contributed by atoms with van der Waals surface area (Å²) in [6.45, 7) is 4.80. The molecule has 3 heteroatoms. The molecule has 0 saturated carbocycles. The minimum atomic E-state index is 0.0477. The van der Waals surface area contributed by atoms with Crippen molar-refractivity contribution in [3.8, 4) is 0 Å². The molecule has 1 aromatic carbocycles. The van der Waals surface area contributed by atoms with Crippen LogP contribution in [0.1, 0.15) is 12.0 Å². The SMILES string of the molecule is Cc1ccccc1NC1(CN)CCNC1. The monoisotopic (exact) mass is 205 g/mol. The Kier molecular flexibility index (Phi) is 2.93. The van der Waals surface area contributed by atoms with Gasteiger partial charge >= 0.3 is 0 Å². The molecule has 1 aliphatic heterocycles. The number of aryl methyl sites for hydroxylation is 1. The predicted octanol–water partition coefficient (Wildman–Crippen LogP) is 1.10. The average molecular weight is 205 g/mol. The highest BCUT2D eigenvalue weighted by Gasteiger charge is 2.32. The number of hydrogen-bond donors (Lipinski definition) is 3. The molecule has 0 amide bonds. The van der Waals surface area contributed by atoms with Crippen LogP contribution in [0.5, 0.6) is 0 Å². The molecular weight excluding hydrogens is 186 g/mol. The van der Waals surface area contributed by atoms with Crippen LogP contribution >= 0.6 is 0 Å². The Morgan fingerprint density at radius 3 is 2.87 bits per heavy atom. The van der Waals surface area contributed by atoms with E-state index in [0.717, 1.165) is 19.5 Å². The van der Waals surface area contributed by atoms with E-state index in [4.69, 9.17) is 5.73 Å². The number of para-hydroxylation sites is 1. The first-order chi connectivity index (χ1) is 7.26. The van der Waals surface area contributed by atoms with Crippen molar-refractivity contribution in [3.63, 3.8) is 0 Å². The smallest absolute Gasteiger partial charge is 0.0631 e. The van der Waals surface area contributed by atoms with E-state index in [1.54, 1.807) is 0 Å². The van der Waals surface area contributed by atoms with Gasteiger partial charge in [-0.1, -0.05) is 18.2 Å². The largest absolute Gasteiger partial charge is 0.377 e. The highest BCUT2D eigenvalue weighted by molar-refractivity contribution is 5.52. The lowest BCUT2D eigenvalue weighted by atomic mass is 9.97. The highest BCUT2D eigenvalue weighted by atomic mass is 15.1. The van der Waals surface area contributed by atoms with E-state index in [0.29, 0.717) is 6.54 Å². The van der Waals surface area contributed by atoms with Gasteiger partial charge in [-0.3, -0.25) is 0 Å². The molecule has 1 heterocycles. The van der Waals surface area contributed by atoms with Crippen LogP contribution in [-0.2, 0) is 0 Å². The third kappa shape index (κ3) is 2.13. The van der Waals surface area contributed by atoms with E-state index in [1.807, 2.05) is 0 Å². The van der Waals surface area contributed by atoms with Crippen LogP contribution in [0.15, 0.2) is 24.3 Å².